The number of pyridine rings is 1. The highest BCUT2D eigenvalue weighted by atomic mass is 32.2. The van der Waals surface area contributed by atoms with Gasteiger partial charge in [0.05, 0.1) is 15.8 Å². The second-order valence-electron chi connectivity index (χ2n) is 5.61. The number of aromatic nitrogens is 1. The minimum atomic E-state index is -3.31. The zero-order chi connectivity index (χ0) is 17.9. The molecule has 1 heterocycles. The molecule has 1 N–H and O–H groups in total. The highest BCUT2D eigenvalue weighted by Gasteiger charge is 2.36. The fourth-order valence-corrected chi connectivity index (χ4v) is 3.89. The van der Waals surface area contributed by atoms with E-state index in [-0.39, 0.29) is 28.0 Å². The van der Waals surface area contributed by atoms with Gasteiger partial charge in [0, 0.05) is 11.8 Å². The van der Waals surface area contributed by atoms with E-state index in [0.29, 0.717) is 18.5 Å². The molecule has 0 spiro atoms. The molecule has 25 heavy (non-hydrogen) atoms. The maximum absolute atomic E-state index is 12.2. The van der Waals surface area contributed by atoms with Crippen LogP contribution in [0.25, 0.3) is 0 Å². The average Bonchev–Trinajstić information content (AvgIpc) is 3.45. The van der Waals surface area contributed by atoms with Crippen LogP contribution in [0, 0.1) is 0 Å². The maximum Gasteiger partial charge on any atom is 0.358 e. The number of hydrogen-bond acceptors (Lipinski definition) is 6. The number of carboxylic acid groups (broad SMARTS) is 1. The van der Waals surface area contributed by atoms with E-state index >= 15 is 0 Å². The van der Waals surface area contributed by atoms with Gasteiger partial charge in [-0.15, -0.1) is 0 Å². The van der Waals surface area contributed by atoms with Crippen molar-refractivity contribution >= 4 is 21.5 Å². The number of hydrogen-bond donors (Lipinski definition) is 1. The third-order valence-corrected chi connectivity index (χ3v) is 5.99. The van der Waals surface area contributed by atoms with Crippen molar-refractivity contribution in [3.63, 3.8) is 0 Å². The second-order valence-corrected chi connectivity index (χ2v) is 7.84. The lowest BCUT2D eigenvalue weighted by atomic mass is 10.1. The normalized spacial score (nSPS) is 15.0. The molecule has 0 amide bonds. The summed E-state index contributed by atoms with van der Waals surface area (Å²) in [5, 5.41) is 12.7. The van der Waals surface area contributed by atoms with Crippen molar-refractivity contribution < 1.29 is 23.2 Å². The van der Waals surface area contributed by atoms with Crippen LogP contribution in [0.3, 0.4) is 0 Å². The smallest absolute Gasteiger partial charge is 0.358 e. The first kappa shape index (κ1) is 17.1. The van der Waals surface area contributed by atoms with Crippen molar-refractivity contribution in [1.82, 2.24) is 4.98 Å². The molecule has 0 atom stereocenters. The number of carbonyl (C=O) groups is 1. The molecule has 1 aliphatic rings. The van der Waals surface area contributed by atoms with Gasteiger partial charge in [-0.2, -0.15) is 0 Å². The minimum Gasteiger partial charge on any atom is -0.476 e. The molecule has 3 rings (SSSR count). The van der Waals surface area contributed by atoms with Crippen LogP contribution in [0.2, 0.25) is 0 Å². The Morgan fingerprint density at radius 2 is 1.92 bits per heavy atom. The SMILES string of the molecule is O=C(O)/C(=N/OCc1ccccn1)c1ccc(S(=O)(=O)C2CC2)cc1. The summed E-state index contributed by atoms with van der Waals surface area (Å²) in [6.45, 7) is 0.0335. The predicted molar refractivity (Wildman–Crippen MR) is 89.8 cm³/mol. The Kier molecular flexibility index (Phi) is 4.80. The summed E-state index contributed by atoms with van der Waals surface area (Å²) in [7, 11) is -3.31. The van der Waals surface area contributed by atoms with E-state index in [1.54, 1.807) is 24.4 Å². The number of oxime groups is 1. The van der Waals surface area contributed by atoms with E-state index in [9.17, 15) is 18.3 Å². The van der Waals surface area contributed by atoms with Gasteiger partial charge in [0.1, 0.15) is 0 Å². The Balaban J connectivity index is 1.76. The Labute approximate surface area is 144 Å². The first-order valence-corrected chi connectivity index (χ1v) is 9.20. The lowest BCUT2D eigenvalue weighted by Crippen LogP contribution is -2.15. The van der Waals surface area contributed by atoms with Crippen molar-refractivity contribution in [3.8, 4) is 0 Å². The Morgan fingerprint density at radius 1 is 1.20 bits per heavy atom. The molecule has 2 aromatic rings. The van der Waals surface area contributed by atoms with E-state index in [4.69, 9.17) is 4.84 Å². The molecule has 1 aliphatic carbocycles. The third kappa shape index (κ3) is 4.03. The number of aliphatic carboxylic acids is 1. The average molecular weight is 360 g/mol. The Bertz CT molecular complexity index is 888. The molecule has 8 heteroatoms. The van der Waals surface area contributed by atoms with Gasteiger partial charge in [0.25, 0.3) is 0 Å². The first-order chi connectivity index (χ1) is 12.0. The van der Waals surface area contributed by atoms with Gasteiger partial charge < -0.3 is 9.94 Å². The largest absolute Gasteiger partial charge is 0.476 e. The fourth-order valence-electron chi connectivity index (χ4n) is 2.23. The zero-order valence-corrected chi connectivity index (χ0v) is 14.0. The van der Waals surface area contributed by atoms with Gasteiger partial charge in [0.2, 0.25) is 0 Å². The van der Waals surface area contributed by atoms with E-state index in [1.165, 1.54) is 24.3 Å². The molecule has 0 unspecified atom stereocenters. The molecule has 0 radical (unpaired) electrons. The molecule has 1 aromatic carbocycles. The number of benzene rings is 1. The van der Waals surface area contributed by atoms with Gasteiger partial charge >= 0.3 is 5.97 Å². The van der Waals surface area contributed by atoms with Crippen LogP contribution in [0.15, 0.2) is 58.7 Å². The molecule has 1 fully saturated rings. The Hall–Kier alpha value is -2.74. The molecular formula is C17H16N2O5S. The van der Waals surface area contributed by atoms with Crippen molar-refractivity contribution in [3.05, 3.63) is 59.9 Å². The molecular weight excluding hydrogens is 344 g/mol. The summed E-state index contributed by atoms with van der Waals surface area (Å²) < 4.78 is 24.3. The van der Waals surface area contributed by atoms with Crippen molar-refractivity contribution in [2.24, 2.45) is 5.16 Å². The highest BCUT2D eigenvalue weighted by molar-refractivity contribution is 7.92. The fraction of sp³-hybridized carbons (Fsp3) is 0.235. The van der Waals surface area contributed by atoms with Crippen LogP contribution >= 0.6 is 0 Å². The molecule has 130 valence electrons. The van der Waals surface area contributed by atoms with Gasteiger partial charge in [-0.3, -0.25) is 4.98 Å². The van der Waals surface area contributed by atoms with Crippen LogP contribution in [-0.4, -0.2) is 35.4 Å². The van der Waals surface area contributed by atoms with Gasteiger partial charge in [-0.25, -0.2) is 13.2 Å². The summed E-state index contributed by atoms with van der Waals surface area (Å²) in [5.41, 5.74) is 0.580. The van der Waals surface area contributed by atoms with E-state index in [1.807, 2.05) is 0 Å². The molecule has 1 aromatic heterocycles. The topological polar surface area (TPSA) is 106 Å². The lowest BCUT2D eigenvalue weighted by Gasteiger charge is -2.05. The first-order valence-electron chi connectivity index (χ1n) is 7.66. The van der Waals surface area contributed by atoms with Crippen LogP contribution in [0.1, 0.15) is 24.1 Å². The number of nitrogens with zero attached hydrogens (tertiary/aromatic N) is 2. The summed E-state index contributed by atoms with van der Waals surface area (Å²) in [6, 6.07) is 10.9. The number of rotatable bonds is 7. The van der Waals surface area contributed by atoms with Crippen LogP contribution in [0.4, 0.5) is 0 Å². The van der Waals surface area contributed by atoms with E-state index in [2.05, 4.69) is 10.1 Å². The highest BCUT2D eigenvalue weighted by Crippen LogP contribution is 2.33. The van der Waals surface area contributed by atoms with Gasteiger partial charge in [-0.1, -0.05) is 23.4 Å². The summed E-state index contributed by atoms with van der Waals surface area (Å²) in [5.74, 6) is -1.26. The van der Waals surface area contributed by atoms with Crippen LogP contribution in [-0.2, 0) is 26.1 Å². The van der Waals surface area contributed by atoms with E-state index < -0.39 is 15.8 Å². The van der Waals surface area contributed by atoms with Crippen molar-refractivity contribution in [2.45, 2.75) is 29.6 Å². The van der Waals surface area contributed by atoms with Gasteiger partial charge in [0.15, 0.2) is 22.2 Å². The molecule has 0 bridgehead atoms. The van der Waals surface area contributed by atoms with Crippen LogP contribution < -0.4 is 0 Å². The zero-order valence-electron chi connectivity index (χ0n) is 13.2. The number of sulfone groups is 1. The molecule has 7 nitrogen and oxygen atoms in total. The molecule has 0 aliphatic heterocycles. The summed E-state index contributed by atoms with van der Waals surface area (Å²) >= 11 is 0. The Morgan fingerprint density at radius 3 is 2.48 bits per heavy atom. The third-order valence-electron chi connectivity index (χ3n) is 3.72. The minimum absolute atomic E-state index is 0.0335. The van der Waals surface area contributed by atoms with Crippen molar-refractivity contribution in [1.29, 1.82) is 0 Å². The quantitative estimate of drug-likeness (QED) is 0.598. The lowest BCUT2D eigenvalue weighted by molar-refractivity contribution is -0.129. The van der Waals surface area contributed by atoms with Crippen LogP contribution in [0.5, 0.6) is 0 Å². The van der Waals surface area contributed by atoms with Gasteiger partial charge in [-0.05, 0) is 37.1 Å². The summed E-state index contributed by atoms with van der Waals surface area (Å²) in [6.07, 6.45) is 2.94. The molecule has 0 saturated heterocycles. The predicted octanol–water partition coefficient (Wildman–Crippen LogP) is 2.02. The monoisotopic (exact) mass is 360 g/mol. The molecule has 1 saturated carbocycles. The second kappa shape index (κ2) is 7.02. The van der Waals surface area contributed by atoms with E-state index in [0.717, 1.165) is 0 Å². The maximum atomic E-state index is 12.2. The summed E-state index contributed by atoms with van der Waals surface area (Å²) in [4.78, 5) is 20.7. The number of carboxylic acids is 1. The standard InChI is InChI=1S/C17H16N2O5S/c20-17(21)16(19-24-11-13-3-1-2-10-18-13)12-4-6-14(7-5-12)25(22,23)15-8-9-15/h1-7,10,15H,8-9,11H2,(H,20,21)/b19-16+. The van der Waals surface area contributed by atoms with Crippen molar-refractivity contribution in [2.75, 3.05) is 0 Å².